The monoisotopic (exact) mass is 331 g/mol. The molecule has 1 N–H and O–H groups in total. The lowest BCUT2D eigenvalue weighted by Gasteiger charge is -2.15. The predicted octanol–water partition coefficient (Wildman–Crippen LogP) is 3.18. The van der Waals surface area contributed by atoms with Crippen LogP contribution >= 0.6 is 0 Å². The van der Waals surface area contributed by atoms with Gasteiger partial charge in [-0.3, -0.25) is 14.7 Å². The molecule has 1 aliphatic rings. The summed E-state index contributed by atoms with van der Waals surface area (Å²) in [6.07, 6.45) is 1.81. The number of carbonyl (C=O) groups excluding carboxylic acids is 1. The molecule has 0 saturated carbocycles. The maximum atomic E-state index is 12.4. The van der Waals surface area contributed by atoms with Crippen molar-refractivity contribution in [3.05, 3.63) is 77.0 Å². The number of carbonyl (C=O) groups is 1. The van der Waals surface area contributed by atoms with Crippen LogP contribution in [-0.2, 0) is 24.4 Å². The molecule has 0 spiro atoms. The average molecular weight is 331 g/mol. The lowest BCUT2D eigenvalue weighted by Crippen LogP contribution is -2.34. The third kappa shape index (κ3) is 3.26. The quantitative estimate of drug-likeness (QED) is 0.799. The maximum absolute atomic E-state index is 12.4. The number of fused-ring (bicyclic) bond motifs is 2. The molecule has 0 bridgehead atoms. The number of amides is 1. The first kappa shape index (κ1) is 15.8. The standard InChI is InChI=1S/C21H21N3O/c1-15-8-9-16(19-7-4-10-22-21(15)19)11-23-20(25)14-24-12-17-5-2-3-6-18(17)13-24/h2-10H,11-14H2,1H3,(H,23,25). The molecular formula is C21H21N3O. The molecule has 0 unspecified atom stereocenters. The first-order valence-electron chi connectivity index (χ1n) is 8.60. The van der Waals surface area contributed by atoms with Gasteiger partial charge >= 0.3 is 0 Å². The molecule has 2 heterocycles. The molecule has 1 aliphatic heterocycles. The topological polar surface area (TPSA) is 45.2 Å². The van der Waals surface area contributed by atoms with E-state index in [4.69, 9.17) is 0 Å². The minimum absolute atomic E-state index is 0.0606. The highest BCUT2D eigenvalue weighted by atomic mass is 16.2. The van der Waals surface area contributed by atoms with E-state index >= 15 is 0 Å². The van der Waals surface area contributed by atoms with Crippen LogP contribution in [-0.4, -0.2) is 22.3 Å². The van der Waals surface area contributed by atoms with Crippen molar-refractivity contribution in [2.75, 3.05) is 6.54 Å². The van der Waals surface area contributed by atoms with Gasteiger partial charge in [0.15, 0.2) is 0 Å². The van der Waals surface area contributed by atoms with Gasteiger partial charge in [0.05, 0.1) is 12.1 Å². The van der Waals surface area contributed by atoms with Crippen LogP contribution in [0.15, 0.2) is 54.7 Å². The Morgan fingerprint density at radius 2 is 1.84 bits per heavy atom. The van der Waals surface area contributed by atoms with E-state index < -0.39 is 0 Å². The van der Waals surface area contributed by atoms with Crippen molar-refractivity contribution in [1.29, 1.82) is 0 Å². The summed E-state index contributed by atoms with van der Waals surface area (Å²) in [5.74, 6) is 0.0606. The molecule has 4 rings (SSSR count). The highest BCUT2D eigenvalue weighted by Crippen LogP contribution is 2.22. The fraction of sp³-hybridized carbons (Fsp3) is 0.238. The first-order valence-corrected chi connectivity index (χ1v) is 8.60. The van der Waals surface area contributed by atoms with Crippen molar-refractivity contribution in [2.24, 2.45) is 0 Å². The predicted molar refractivity (Wildman–Crippen MR) is 98.9 cm³/mol. The fourth-order valence-electron chi connectivity index (χ4n) is 3.50. The molecule has 25 heavy (non-hydrogen) atoms. The molecule has 0 radical (unpaired) electrons. The summed E-state index contributed by atoms with van der Waals surface area (Å²) in [7, 11) is 0. The number of hydrogen-bond donors (Lipinski definition) is 1. The lowest BCUT2D eigenvalue weighted by molar-refractivity contribution is -0.122. The second kappa shape index (κ2) is 6.65. The van der Waals surface area contributed by atoms with Crippen LogP contribution in [0.3, 0.4) is 0 Å². The van der Waals surface area contributed by atoms with Gasteiger partial charge in [-0.2, -0.15) is 0 Å². The Morgan fingerprint density at radius 3 is 2.60 bits per heavy atom. The summed E-state index contributed by atoms with van der Waals surface area (Å²) in [5, 5.41) is 4.16. The van der Waals surface area contributed by atoms with Crippen LogP contribution in [0.5, 0.6) is 0 Å². The molecule has 0 aliphatic carbocycles. The Bertz CT molecular complexity index is 910. The van der Waals surface area contributed by atoms with Crippen molar-refractivity contribution in [1.82, 2.24) is 15.2 Å². The molecular weight excluding hydrogens is 310 g/mol. The number of hydrogen-bond acceptors (Lipinski definition) is 3. The first-order chi connectivity index (χ1) is 12.2. The molecule has 126 valence electrons. The molecule has 0 fully saturated rings. The minimum atomic E-state index is 0.0606. The van der Waals surface area contributed by atoms with Crippen molar-refractivity contribution in [2.45, 2.75) is 26.6 Å². The molecule has 0 atom stereocenters. The molecule has 0 saturated heterocycles. The smallest absolute Gasteiger partial charge is 0.234 e. The van der Waals surface area contributed by atoms with Crippen molar-refractivity contribution in [3.63, 3.8) is 0 Å². The highest BCUT2D eigenvalue weighted by Gasteiger charge is 2.20. The number of benzene rings is 2. The van der Waals surface area contributed by atoms with Crippen molar-refractivity contribution < 1.29 is 4.79 Å². The van der Waals surface area contributed by atoms with Gasteiger partial charge in [0, 0.05) is 31.2 Å². The van der Waals surface area contributed by atoms with Gasteiger partial charge in [0.1, 0.15) is 0 Å². The van der Waals surface area contributed by atoms with E-state index in [1.807, 2.05) is 12.3 Å². The molecule has 4 heteroatoms. The van der Waals surface area contributed by atoms with E-state index in [-0.39, 0.29) is 5.91 Å². The van der Waals surface area contributed by atoms with Crippen LogP contribution in [0.1, 0.15) is 22.3 Å². The zero-order valence-corrected chi connectivity index (χ0v) is 14.3. The zero-order valence-electron chi connectivity index (χ0n) is 14.3. The third-order valence-corrected chi connectivity index (χ3v) is 4.81. The number of aryl methyl sites for hydroxylation is 1. The summed E-state index contributed by atoms with van der Waals surface area (Å²) in [6.45, 7) is 4.71. The minimum Gasteiger partial charge on any atom is -0.351 e. The Kier molecular flexibility index (Phi) is 4.20. The second-order valence-corrected chi connectivity index (χ2v) is 6.63. The second-order valence-electron chi connectivity index (χ2n) is 6.63. The van der Waals surface area contributed by atoms with Gasteiger partial charge in [-0.25, -0.2) is 0 Å². The van der Waals surface area contributed by atoms with E-state index in [1.165, 1.54) is 11.1 Å². The van der Waals surface area contributed by atoms with Crippen LogP contribution in [0.2, 0.25) is 0 Å². The van der Waals surface area contributed by atoms with E-state index in [0.717, 1.165) is 35.1 Å². The Morgan fingerprint density at radius 1 is 1.08 bits per heavy atom. The number of rotatable bonds is 4. The van der Waals surface area contributed by atoms with Gasteiger partial charge in [-0.15, -0.1) is 0 Å². The van der Waals surface area contributed by atoms with Crippen LogP contribution in [0, 0.1) is 6.92 Å². The third-order valence-electron chi connectivity index (χ3n) is 4.81. The zero-order chi connectivity index (χ0) is 17.2. The molecule has 1 aromatic heterocycles. The average Bonchev–Trinajstić information content (AvgIpc) is 3.03. The van der Waals surface area contributed by atoms with Gasteiger partial charge in [-0.05, 0) is 35.2 Å². The fourth-order valence-corrected chi connectivity index (χ4v) is 3.50. The lowest BCUT2D eigenvalue weighted by atomic mass is 10.0. The Labute approximate surface area is 147 Å². The maximum Gasteiger partial charge on any atom is 0.234 e. The summed E-state index contributed by atoms with van der Waals surface area (Å²) in [4.78, 5) is 19.0. The van der Waals surface area contributed by atoms with Crippen molar-refractivity contribution in [3.8, 4) is 0 Å². The molecule has 2 aromatic carbocycles. The van der Waals surface area contributed by atoms with Gasteiger partial charge < -0.3 is 5.32 Å². The summed E-state index contributed by atoms with van der Waals surface area (Å²) >= 11 is 0. The van der Waals surface area contributed by atoms with Crippen molar-refractivity contribution >= 4 is 16.8 Å². The number of pyridine rings is 1. The van der Waals surface area contributed by atoms with Gasteiger partial charge in [0.25, 0.3) is 0 Å². The van der Waals surface area contributed by atoms with Crippen LogP contribution in [0.25, 0.3) is 10.9 Å². The Balaban J connectivity index is 1.39. The number of nitrogens with one attached hydrogen (secondary N) is 1. The normalized spacial score (nSPS) is 13.8. The SMILES string of the molecule is Cc1ccc(CNC(=O)CN2Cc3ccccc3C2)c2cccnc12. The van der Waals surface area contributed by atoms with E-state index in [2.05, 4.69) is 64.6 Å². The van der Waals surface area contributed by atoms with Crippen LogP contribution < -0.4 is 5.32 Å². The Hall–Kier alpha value is -2.72. The molecule has 4 nitrogen and oxygen atoms in total. The molecule has 1 amide bonds. The van der Waals surface area contributed by atoms with E-state index in [9.17, 15) is 4.79 Å². The molecule has 3 aromatic rings. The summed E-state index contributed by atoms with van der Waals surface area (Å²) in [5.41, 5.74) is 5.91. The van der Waals surface area contributed by atoms with Crippen LogP contribution in [0.4, 0.5) is 0 Å². The highest BCUT2D eigenvalue weighted by molar-refractivity contribution is 5.85. The summed E-state index contributed by atoms with van der Waals surface area (Å²) in [6, 6.07) is 16.5. The van der Waals surface area contributed by atoms with E-state index in [1.54, 1.807) is 0 Å². The summed E-state index contributed by atoms with van der Waals surface area (Å²) < 4.78 is 0. The van der Waals surface area contributed by atoms with Gasteiger partial charge in [-0.1, -0.05) is 42.5 Å². The number of aromatic nitrogens is 1. The number of nitrogens with zero attached hydrogens (tertiary/aromatic N) is 2. The van der Waals surface area contributed by atoms with Gasteiger partial charge in [0.2, 0.25) is 5.91 Å². The largest absolute Gasteiger partial charge is 0.351 e. The van der Waals surface area contributed by atoms with E-state index in [0.29, 0.717) is 13.1 Å².